The van der Waals surface area contributed by atoms with E-state index in [0.717, 1.165) is 36.8 Å². The van der Waals surface area contributed by atoms with Gasteiger partial charge in [-0.05, 0) is 47.9 Å². The Morgan fingerprint density at radius 3 is 2.46 bits per heavy atom. The number of alkyl carbamates (subject to hydrolysis) is 1. The van der Waals surface area contributed by atoms with Crippen LogP contribution in [0.25, 0.3) is 0 Å². The maximum Gasteiger partial charge on any atom is 0.408 e. The van der Waals surface area contributed by atoms with E-state index in [0.29, 0.717) is 30.2 Å². The van der Waals surface area contributed by atoms with Crippen LogP contribution < -0.4 is 10.6 Å². The highest BCUT2D eigenvalue weighted by molar-refractivity contribution is 6.30. The third kappa shape index (κ3) is 11.2. The maximum absolute atomic E-state index is 13.3. The molecule has 1 unspecified atom stereocenters. The second-order valence-electron chi connectivity index (χ2n) is 11.0. The van der Waals surface area contributed by atoms with E-state index in [4.69, 9.17) is 16.3 Å². The fourth-order valence-corrected chi connectivity index (χ4v) is 5.49. The summed E-state index contributed by atoms with van der Waals surface area (Å²) in [5.74, 6) is -0.0950. The van der Waals surface area contributed by atoms with Crippen LogP contribution in [0.1, 0.15) is 75.3 Å². The maximum atomic E-state index is 13.3. The van der Waals surface area contributed by atoms with Gasteiger partial charge >= 0.3 is 6.09 Å². The topological polar surface area (TPSA) is 105 Å². The van der Waals surface area contributed by atoms with E-state index in [1.54, 1.807) is 36.2 Å². The lowest BCUT2D eigenvalue weighted by atomic mass is 9.84. The summed E-state index contributed by atoms with van der Waals surface area (Å²) in [6.07, 6.45) is 6.01. The highest BCUT2D eigenvalue weighted by Gasteiger charge is 2.28. The molecule has 0 heterocycles. The Kier molecular flexibility index (Phi) is 13.1. The summed E-state index contributed by atoms with van der Waals surface area (Å²) < 4.78 is 5.34. The van der Waals surface area contributed by atoms with Crippen molar-refractivity contribution in [2.45, 2.75) is 82.9 Å². The van der Waals surface area contributed by atoms with Gasteiger partial charge in [-0.25, -0.2) is 4.79 Å². The standard InChI is InChI=1S/C32H42ClN3O5/c1-23(26-13-7-4-8-14-26)20-36(2)30(38)17-16-28(21-37)34-31(39)29(19-24-10-5-3-6-11-24)35-32(40)41-22-25-12-9-15-27(33)18-25/h4,7-9,12-15,18,21,23-24,28-29H,3,5-6,10-11,16-17,19-20,22H2,1-2H3,(H,34,39)(H,35,40)/t23?,28-,29-/m0/s1. The van der Waals surface area contributed by atoms with Crippen molar-refractivity contribution in [3.63, 3.8) is 0 Å². The normalized spacial score (nSPS) is 15.7. The summed E-state index contributed by atoms with van der Waals surface area (Å²) in [7, 11) is 1.75. The lowest BCUT2D eigenvalue weighted by molar-refractivity contribution is -0.131. The first-order valence-corrected chi connectivity index (χ1v) is 14.8. The minimum absolute atomic E-state index is 0.0135. The molecule has 8 nitrogen and oxygen atoms in total. The Labute approximate surface area is 248 Å². The van der Waals surface area contributed by atoms with E-state index < -0.39 is 24.1 Å². The molecule has 0 saturated heterocycles. The number of benzene rings is 2. The highest BCUT2D eigenvalue weighted by Crippen LogP contribution is 2.27. The smallest absolute Gasteiger partial charge is 0.408 e. The van der Waals surface area contributed by atoms with Crippen LogP contribution in [0.5, 0.6) is 0 Å². The molecule has 1 saturated carbocycles. The number of hydrogen-bond donors (Lipinski definition) is 2. The summed E-state index contributed by atoms with van der Waals surface area (Å²) in [6, 6.07) is 15.3. The highest BCUT2D eigenvalue weighted by atomic mass is 35.5. The molecule has 1 aliphatic carbocycles. The van der Waals surface area contributed by atoms with Gasteiger partial charge in [0.25, 0.3) is 0 Å². The van der Waals surface area contributed by atoms with Gasteiger partial charge in [0.05, 0.1) is 6.04 Å². The number of carbonyl (C=O) groups is 4. The van der Waals surface area contributed by atoms with Crippen LogP contribution in [0.3, 0.4) is 0 Å². The van der Waals surface area contributed by atoms with Crippen molar-refractivity contribution in [1.82, 2.24) is 15.5 Å². The van der Waals surface area contributed by atoms with E-state index in [2.05, 4.69) is 17.6 Å². The number of carbonyl (C=O) groups excluding carboxylic acids is 4. The quantitative estimate of drug-likeness (QED) is 0.280. The van der Waals surface area contributed by atoms with E-state index in [9.17, 15) is 19.2 Å². The molecule has 2 aromatic rings. The summed E-state index contributed by atoms with van der Waals surface area (Å²) in [5.41, 5.74) is 1.88. The third-order valence-corrected chi connectivity index (χ3v) is 7.90. The summed E-state index contributed by atoms with van der Waals surface area (Å²) in [4.78, 5) is 52.2. The Morgan fingerprint density at radius 2 is 1.78 bits per heavy atom. The predicted molar refractivity (Wildman–Crippen MR) is 159 cm³/mol. The monoisotopic (exact) mass is 583 g/mol. The molecule has 0 aliphatic heterocycles. The van der Waals surface area contributed by atoms with Gasteiger partial charge in [0.1, 0.15) is 18.9 Å². The first kappa shape index (κ1) is 32.1. The average Bonchev–Trinajstić information content (AvgIpc) is 2.98. The predicted octanol–water partition coefficient (Wildman–Crippen LogP) is 5.63. The Hall–Kier alpha value is -3.39. The molecule has 1 aliphatic rings. The second-order valence-corrected chi connectivity index (χ2v) is 11.5. The van der Waals surface area contributed by atoms with Crippen molar-refractivity contribution in [2.24, 2.45) is 5.92 Å². The number of ether oxygens (including phenoxy) is 1. The van der Waals surface area contributed by atoms with Crippen LogP contribution in [0.4, 0.5) is 4.79 Å². The molecular weight excluding hydrogens is 542 g/mol. The zero-order valence-corrected chi connectivity index (χ0v) is 24.8. The number of likely N-dealkylation sites (N-methyl/N-ethyl adjacent to an activating group) is 1. The van der Waals surface area contributed by atoms with Crippen LogP contribution >= 0.6 is 11.6 Å². The lowest BCUT2D eigenvalue weighted by Gasteiger charge is -2.27. The lowest BCUT2D eigenvalue weighted by Crippen LogP contribution is -2.51. The van der Waals surface area contributed by atoms with Crippen molar-refractivity contribution < 1.29 is 23.9 Å². The summed E-state index contributed by atoms with van der Waals surface area (Å²) >= 11 is 6.01. The van der Waals surface area contributed by atoms with Crippen molar-refractivity contribution in [1.29, 1.82) is 0 Å². The second kappa shape index (κ2) is 16.8. The summed E-state index contributed by atoms with van der Waals surface area (Å²) in [5, 5.41) is 5.98. The molecule has 3 rings (SSSR count). The molecular formula is C32H42ClN3O5. The van der Waals surface area contributed by atoms with Crippen molar-refractivity contribution >= 4 is 35.8 Å². The van der Waals surface area contributed by atoms with E-state index in [1.807, 2.05) is 30.3 Å². The molecule has 3 atom stereocenters. The minimum Gasteiger partial charge on any atom is -0.445 e. The molecule has 0 spiro atoms. The van der Waals surface area contributed by atoms with Crippen molar-refractivity contribution in [2.75, 3.05) is 13.6 Å². The van der Waals surface area contributed by atoms with Gasteiger partial charge in [-0.15, -0.1) is 0 Å². The largest absolute Gasteiger partial charge is 0.445 e. The van der Waals surface area contributed by atoms with Crippen molar-refractivity contribution in [3.05, 3.63) is 70.7 Å². The number of halogens is 1. The first-order chi connectivity index (χ1) is 19.7. The van der Waals surface area contributed by atoms with Gasteiger partial charge in [-0.3, -0.25) is 9.59 Å². The van der Waals surface area contributed by atoms with E-state index in [-0.39, 0.29) is 31.3 Å². The van der Waals surface area contributed by atoms with Gasteiger partial charge in [-0.1, -0.05) is 93.1 Å². The fourth-order valence-electron chi connectivity index (χ4n) is 5.27. The first-order valence-electron chi connectivity index (χ1n) is 14.5. The van der Waals surface area contributed by atoms with Gasteiger partial charge in [0.2, 0.25) is 11.8 Å². The summed E-state index contributed by atoms with van der Waals surface area (Å²) in [6.45, 7) is 2.62. The van der Waals surface area contributed by atoms with Crippen LogP contribution in [0.15, 0.2) is 54.6 Å². The molecule has 2 N–H and O–H groups in total. The number of rotatable bonds is 14. The molecule has 0 radical (unpaired) electrons. The zero-order chi connectivity index (χ0) is 29.6. The molecule has 3 amide bonds. The molecule has 1 fully saturated rings. The average molecular weight is 584 g/mol. The van der Waals surface area contributed by atoms with Crippen LogP contribution in [-0.4, -0.2) is 54.8 Å². The number of nitrogens with zero attached hydrogens (tertiary/aromatic N) is 1. The van der Waals surface area contributed by atoms with Crippen molar-refractivity contribution in [3.8, 4) is 0 Å². The van der Waals surface area contributed by atoms with Crippen LogP contribution in [-0.2, 0) is 25.7 Å². The Balaban J connectivity index is 1.53. The van der Waals surface area contributed by atoms with Gasteiger partial charge in [0.15, 0.2) is 0 Å². The van der Waals surface area contributed by atoms with Crippen LogP contribution in [0.2, 0.25) is 5.02 Å². The number of amides is 3. The third-order valence-electron chi connectivity index (χ3n) is 7.66. The molecule has 9 heteroatoms. The SMILES string of the molecule is CC(CN(C)C(=O)CC[C@@H](C=O)NC(=O)[C@H](CC1CCCCC1)NC(=O)OCc1cccc(Cl)c1)c1ccccc1. The fraction of sp³-hybridized carbons (Fsp3) is 0.500. The molecule has 0 aromatic heterocycles. The van der Waals surface area contributed by atoms with Gasteiger partial charge in [0, 0.05) is 25.0 Å². The van der Waals surface area contributed by atoms with E-state index >= 15 is 0 Å². The number of aldehydes is 1. The van der Waals surface area contributed by atoms with Gasteiger partial charge in [-0.2, -0.15) is 0 Å². The molecule has 222 valence electrons. The number of nitrogens with one attached hydrogen (secondary N) is 2. The van der Waals surface area contributed by atoms with Gasteiger partial charge < -0.3 is 25.1 Å². The van der Waals surface area contributed by atoms with E-state index in [1.165, 1.54) is 6.42 Å². The molecule has 41 heavy (non-hydrogen) atoms. The number of hydrogen-bond acceptors (Lipinski definition) is 5. The molecule has 2 aromatic carbocycles. The van der Waals surface area contributed by atoms with Crippen LogP contribution in [0, 0.1) is 5.92 Å². The zero-order valence-electron chi connectivity index (χ0n) is 24.0. The Bertz CT molecular complexity index is 1140. The minimum atomic E-state index is -0.850. The Morgan fingerprint density at radius 1 is 1.05 bits per heavy atom. The molecule has 0 bridgehead atoms.